The summed E-state index contributed by atoms with van der Waals surface area (Å²) in [6, 6.07) is 15.8. The van der Waals surface area contributed by atoms with E-state index in [0.717, 1.165) is 116 Å². The minimum Gasteiger partial charge on any atom is -0.490 e. The lowest BCUT2D eigenvalue weighted by Gasteiger charge is -2.29. The van der Waals surface area contributed by atoms with E-state index in [9.17, 15) is 8.78 Å². The normalized spacial score (nSPS) is 20.0. The molecule has 2 nitrogen and oxygen atoms in total. The molecule has 2 fully saturated rings. The van der Waals surface area contributed by atoms with Crippen molar-refractivity contribution in [2.45, 2.75) is 180 Å². The van der Waals surface area contributed by atoms with Crippen molar-refractivity contribution in [3.8, 4) is 11.5 Å². The van der Waals surface area contributed by atoms with Gasteiger partial charge in [-0.3, -0.25) is 0 Å². The van der Waals surface area contributed by atoms with Gasteiger partial charge in [0.1, 0.15) is 0 Å². The Bertz CT molecular complexity index is 1460. The van der Waals surface area contributed by atoms with Crippen molar-refractivity contribution in [1.82, 2.24) is 0 Å². The summed E-state index contributed by atoms with van der Waals surface area (Å²) in [6.07, 6.45) is 25.5. The molecule has 3 aromatic rings. The summed E-state index contributed by atoms with van der Waals surface area (Å²) in [7, 11) is 0. The van der Waals surface area contributed by atoms with Gasteiger partial charge < -0.3 is 9.47 Å². The molecule has 0 aromatic heterocycles. The Morgan fingerprint density at radius 2 is 0.857 bits per heavy atom. The lowest BCUT2D eigenvalue weighted by atomic mass is 9.76. The highest BCUT2D eigenvalue weighted by atomic mass is 19.2. The third-order valence-corrected chi connectivity index (χ3v) is 12.9. The summed E-state index contributed by atoms with van der Waals surface area (Å²) in [5, 5.41) is 0. The highest BCUT2D eigenvalue weighted by molar-refractivity contribution is 5.34. The Balaban J connectivity index is 0.985. The molecule has 0 amide bonds. The smallest absolute Gasteiger partial charge is 0.200 e. The second kappa shape index (κ2) is 24.0. The Morgan fingerprint density at radius 3 is 1.27 bits per heavy atom. The molecule has 0 spiro atoms. The number of hydrogen-bond acceptors (Lipinski definition) is 2. The molecule has 0 N–H and O–H groups in total. The van der Waals surface area contributed by atoms with Gasteiger partial charge in [0.05, 0.1) is 13.2 Å². The van der Waals surface area contributed by atoms with Crippen LogP contribution in [-0.2, 0) is 12.8 Å². The van der Waals surface area contributed by atoms with Crippen molar-refractivity contribution >= 4 is 0 Å². The molecule has 5 rings (SSSR count). The Hall–Kier alpha value is -3.02. The fraction of sp³-hybridized carbons (Fsp3) is 0.640. The van der Waals surface area contributed by atoms with Crippen LogP contribution in [-0.4, -0.2) is 13.2 Å². The summed E-state index contributed by atoms with van der Waals surface area (Å²) < 4.78 is 71.4. The first-order valence-corrected chi connectivity index (χ1v) is 22.7. The molecule has 310 valence electrons. The van der Waals surface area contributed by atoms with E-state index < -0.39 is 23.3 Å². The maximum Gasteiger partial charge on any atom is 0.200 e. The van der Waals surface area contributed by atoms with Crippen LogP contribution in [0.1, 0.15) is 189 Å². The monoisotopic (exact) mass is 779 g/mol. The Labute approximate surface area is 336 Å². The minimum absolute atomic E-state index is 0.0409. The largest absolute Gasteiger partial charge is 0.490 e. The number of rotatable bonds is 24. The van der Waals surface area contributed by atoms with E-state index in [4.69, 9.17) is 9.47 Å². The Kier molecular flexibility index (Phi) is 18.9. The van der Waals surface area contributed by atoms with E-state index in [1.54, 1.807) is 24.3 Å². The molecule has 0 bridgehead atoms. The van der Waals surface area contributed by atoms with Gasteiger partial charge >= 0.3 is 0 Å². The maximum absolute atomic E-state index is 15.2. The van der Waals surface area contributed by atoms with E-state index in [1.165, 1.54) is 49.7 Å². The predicted molar refractivity (Wildman–Crippen MR) is 223 cm³/mol. The van der Waals surface area contributed by atoms with Crippen LogP contribution < -0.4 is 9.47 Å². The second-order valence-corrected chi connectivity index (χ2v) is 17.1. The SMILES string of the molecule is CCCCCCCCOc1ccc(C2CCC(CCc3cccc(CCC4CCC(c5ccc(OCCCCCCCC)c(F)c5F)CC4)c3)CC2)c(F)c1F. The van der Waals surface area contributed by atoms with Crippen LogP contribution in [0, 0.1) is 35.1 Å². The first kappa shape index (κ1) is 44.1. The number of ether oxygens (including phenoxy) is 2. The van der Waals surface area contributed by atoms with Crippen LogP contribution >= 0.6 is 0 Å². The molecular weight excluding hydrogens is 709 g/mol. The van der Waals surface area contributed by atoms with Gasteiger partial charge in [0.25, 0.3) is 0 Å². The molecule has 0 aliphatic heterocycles. The van der Waals surface area contributed by atoms with Crippen molar-refractivity contribution in [2.75, 3.05) is 13.2 Å². The molecule has 6 heteroatoms. The van der Waals surface area contributed by atoms with E-state index in [2.05, 4.69) is 38.1 Å². The summed E-state index contributed by atoms with van der Waals surface area (Å²) in [5.41, 5.74) is 3.76. The van der Waals surface area contributed by atoms with Gasteiger partial charge in [0.15, 0.2) is 23.1 Å². The Morgan fingerprint density at radius 1 is 0.464 bits per heavy atom. The minimum atomic E-state index is -0.833. The first-order chi connectivity index (χ1) is 27.4. The van der Waals surface area contributed by atoms with Crippen LogP contribution in [0.5, 0.6) is 11.5 Å². The number of unbranched alkanes of at least 4 members (excludes halogenated alkanes) is 10. The first-order valence-electron chi connectivity index (χ1n) is 22.7. The van der Waals surface area contributed by atoms with Gasteiger partial charge in [-0.15, -0.1) is 0 Å². The van der Waals surface area contributed by atoms with Crippen molar-refractivity contribution in [1.29, 1.82) is 0 Å². The lowest BCUT2D eigenvalue weighted by molar-refractivity contribution is 0.280. The third kappa shape index (κ3) is 13.5. The molecule has 2 aliphatic rings. The van der Waals surface area contributed by atoms with Gasteiger partial charge in [-0.25, -0.2) is 8.78 Å². The van der Waals surface area contributed by atoms with Crippen molar-refractivity contribution in [2.24, 2.45) is 11.8 Å². The summed E-state index contributed by atoms with van der Waals surface area (Å²) in [6.45, 7) is 5.24. The third-order valence-electron chi connectivity index (χ3n) is 12.9. The highest BCUT2D eigenvalue weighted by Gasteiger charge is 2.28. The maximum atomic E-state index is 15.2. The number of aryl methyl sites for hydroxylation is 2. The topological polar surface area (TPSA) is 18.5 Å². The molecule has 0 radical (unpaired) electrons. The second-order valence-electron chi connectivity index (χ2n) is 17.1. The molecule has 56 heavy (non-hydrogen) atoms. The summed E-state index contributed by atoms with van der Waals surface area (Å²) >= 11 is 0. The zero-order chi connectivity index (χ0) is 39.5. The van der Waals surface area contributed by atoms with Crippen LogP contribution in [0.15, 0.2) is 48.5 Å². The molecular formula is C50H70F4O2. The van der Waals surface area contributed by atoms with Crippen LogP contribution in [0.3, 0.4) is 0 Å². The zero-order valence-corrected chi connectivity index (χ0v) is 34.6. The average molecular weight is 779 g/mol. The van der Waals surface area contributed by atoms with E-state index in [-0.39, 0.29) is 23.3 Å². The van der Waals surface area contributed by atoms with Crippen LogP contribution in [0.25, 0.3) is 0 Å². The van der Waals surface area contributed by atoms with Gasteiger partial charge in [-0.05, 0) is 148 Å². The molecule has 0 unspecified atom stereocenters. The summed E-state index contributed by atoms with van der Waals surface area (Å²) in [4.78, 5) is 0. The van der Waals surface area contributed by atoms with Crippen molar-refractivity contribution in [3.63, 3.8) is 0 Å². The van der Waals surface area contributed by atoms with E-state index >= 15 is 8.78 Å². The van der Waals surface area contributed by atoms with Crippen LogP contribution in [0.2, 0.25) is 0 Å². The molecule has 2 aliphatic carbocycles. The average Bonchev–Trinajstić information content (AvgIpc) is 3.22. The number of hydrogen-bond donors (Lipinski definition) is 0. The van der Waals surface area contributed by atoms with E-state index in [0.29, 0.717) is 36.2 Å². The molecule has 3 aromatic carbocycles. The molecule has 0 saturated heterocycles. The fourth-order valence-electron chi connectivity index (χ4n) is 9.28. The highest BCUT2D eigenvalue weighted by Crippen LogP contribution is 2.41. The summed E-state index contributed by atoms with van der Waals surface area (Å²) in [5.74, 6) is -1.71. The van der Waals surface area contributed by atoms with Gasteiger partial charge in [-0.1, -0.05) is 114 Å². The zero-order valence-electron chi connectivity index (χ0n) is 34.6. The van der Waals surface area contributed by atoms with E-state index in [1.807, 2.05) is 0 Å². The molecule has 0 heterocycles. The van der Waals surface area contributed by atoms with Crippen LogP contribution in [0.4, 0.5) is 17.6 Å². The van der Waals surface area contributed by atoms with Crippen molar-refractivity contribution < 1.29 is 27.0 Å². The predicted octanol–water partition coefficient (Wildman–Crippen LogP) is 15.5. The quantitative estimate of drug-likeness (QED) is 0.0666. The standard InChI is InChI=1S/C50H70F4O2/c1-3-5-7-9-11-13-34-55-45-32-30-43(47(51)49(45)53)41-26-22-37(23-27-41)18-20-39-16-15-17-40(36-39)21-19-38-24-28-42(29-25-38)44-31-33-46(50(54)48(44)52)56-35-14-12-10-8-6-4-2/h15-17,30-33,36-38,41-42H,3-14,18-29,34-35H2,1-2H3. The van der Waals surface area contributed by atoms with Gasteiger partial charge in [0.2, 0.25) is 11.6 Å². The number of benzene rings is 3. The number of halogens is 4. The van der Waals surface area contributed by atoms with Gasteiger partial charge in [0, 0.05) is 0 Å². The fourth-order valence-corrected chi connectivity index (χ4v) is 9.28. The molecule has 0 atom stereocenters. The lowest BCUT2D eigenvalue weighted by Crippen LogP contribution is -2.16. The van der Waals surface area contributed by atoms with Crippen molar-refractivity contribution in [3.05, 3.63) is 94.1 Å². The van der Waals surface area contributed by atoms with Gasteiger partial charge in [-0.2, -0.15) is 8.78 Å². The molecule has 2 saturated carbocycles.